The SMILES string of the molecule is CC(O)C(=O)CC(CO)c1ccccc1. The van der Waals surface area contributed by atoms with Crippen molar-refractivity contribution in [2.75, 3.05) is 6.61 Å². The van der Waals surface area contributed by atoms with Crippen LogP contribution in [0.1, 0.15) is 24.8 Å². The molecule has 82 valence electrons. The van der Waals surface area contributed by atoms with Gasteiger partial charge in [-0.2, -0.15) is 0 Å². The van der Waals surface area contributed by atoms with Gasteiger partial charge in [0.25, 0.3) is 0 Å². The van der Waals surface area contributed by atoms with Gasteiger partial charge < -0.3 is 10.2 Å². The summed E-state index contributed by atoms with van der Waals surface area (Å²) >= 11 is 0. The predicted octanol–water partition coefficient (Wildman–Crippen LogP) is 1.10. The van der Waals surface area contributed by atoms with Crippen LogP contribution >= 0.6 is 0 Å². The highest BCUT2D eigenvalue weighted by Crippen LogP contribution is 2.19. The lowest BCUT2D eigenvalue weighted by Crippen LogP contribution is -2.20. The minimum Gasteiger partial charge on any atom is -0.396 e. The van der Waals surface area contributed by atoms with E-state index in [-0.39, 0.29) is 24.7 Å². The Morgan fingerprint density at radius 3 is 2.40 bits per heavy atom. The number of ketones is 1. The average Bonchev–Trinajstić information content (AvgIpc) is 2.26. The summed E-state index contributed by atoms with van der Waals surface area (Å²) in [5, 5.41) is 18.3. The highest BCUT2D eigenvalue weighted by Gasteiger charge is 2.17. The van der Waals surface area contributed by atoms with Gasteiger partial charge in [0.15, 0.2) is 5.78 Å². The highest BCUT2D eigenvalue weighted by molar-refractivity contribution is 5.83. The molecule has 2 atom stereocenters. The van der Waals surface area contributed by atoms with Crippen molar-refractivity contribution in [2.45, 2.75) is 25.4 Å². The second kappa shape index (κ2) is 5.63. The maximum Gasteiger partial charge on any atom is 0.161 e. The van der Waals surface area contributed by atoms with Gasteiger partial charge in [-0.3, -0.25) is 4.79 Å². The molecule has 1 aromatic rings. The number of benzene rings is 1. The lowest BCUT2D eigenvalue weighted by molar-refractivity contribution is -0.126. The summed E-state index contributed by atoms with van der Waals surface area (Å²) in [6, 6.07) is 9.36. The summed E-state index contributed by atoms with van der Waals surface area (Å²) in [4.78, 5) is 11.3. The molecule has 0 amide bonds. The number of aliphatic hydroxyl groups is 2. The van der Waals surface area contributed by atoms with Gasteiger partial charge in [0.2, 0.25) is 0 Å². The van der Waals surface area contributed by atoms with Crippen LogP contribution in [-0.2, 0) is 4.79 Å². The second-order valence-corrected chi connectivity index (χ2v) is 3.64. The number of aliphatic hydroxyl groups excluding tert-OH is 2. The van der Waals surface area contributed by atoms with Crippen LogP contribution in [-0.4, -0.2) is 28.7 Å². The van der Waals surface area contributed by atoms with Crippen LogP contribution in [0.2, 0.25) is 0 Å². The van der Waals surface area contributed by atoms with Gasteiger partial charge in [-0.25, -0.2) is 0 Å². The number of carbonyl (C=O) groups is 1. The van der Waals surface area contributed by atoms with E-state index in [0.717, 1.165) is 5.56 Å². The van der Waals surface area contributed by atoms with E-state index in [1.165, 1.54) is 6.92 Å². The van der Waals surface area contributed by atoms with Crippen LogP contribution in [0.25, 0.3) is 0 Å². The molecule has 0 saturated carbocycles. The molecule has 0 aliphatic heterocycles. The van der Waals surface area contributed by atoms with E-state index < -0.39 is 6.10 Å². The normalized spacial score (nSPS) is 14.6. The molecule has 2 N–H and O–H groups in total. The predicted molar refractivity (Wildman–Crippen MR) is 57.6 cm³/mol. The molecule has 0 saturated heterocycles. The van der Waals surface area contributed by atoms with Crippen LogP contribution in [0.5, 0.6) is 0 Å². The maximum atomic E-state index is 11.3. The van der Waals surface area contributed by atoms with Gasteiger partial charge >= 0.3 is 0 Å². The number of hydrogen-bond donors (Lipinski definition) is 2. The zero-order valence-electron chi connectivity index (χ0n) is 8.76. The Bertz CT molecular complexity index is 306. The molecule has 0 spiro atoms. The standard InChI is InChI=1S/C12H16O3/c1-9(14)12(15)7-11(8-13)10-5-3-2-4-6-10/h2-6,9,11,13-14H,7-8H2,1H3. The Balaban J connectivity index is 2.69. The smallest absolute Gasteiger partial charge is 0.161 e. The monoisotopic (exact) mass is 208 g/mol. The molecule has 15 heavy (non-hydrogen) atoms. The third-order valence-corrected chi connectivity index (χ3v) is 2.40. The van der Waals surface area contributed by atoms with Crippen molar-refractivity contribution in [3.8, 4) is 0 Å². The van der Waals surface area contributed by atoms with Gasteiger partial charge in [0.05, 0.1) is 6.61 Å². The van der Waals surface area contributed by atoms with E-state index in [0.29, 0.717) is 0 Å². The molecule has 0 aliphatic carbocycles. The van der Waals surface area contributed by atoms with Crippen molar-refractivity contribution in [1.29, 1.82) is 0 Å². The molecule has 1 aromatic carbocycles. The van der Waals surface area contributed by atoms with Crippen LogP contribution < -0.4 is 0 Å². The first-order valence-electron chi connectivity index (χ1n) is 5.01. The summed E-state index contributed by atoms with van der Waals surface area (Å²) in [7, 11) is 0. The number of rotatable bonds is 5. The quantitative estimate of drug-likeness (QED) is 0.762. The zero-order chi connectivity index (χ0) is 11.3. The van der Waals surface area contributed by atoms with E-state index in [4.69, 9.17) is 5.11 Å². The number of hydrogen-bond acceptors (Lipinski definition) is 3. The lowest BCUT2D eigenvalue weighted by atomic mass is 9.93. The molecular formula is C12H16O3. The molecule has 1 rings (SSSR count). The van der Waals surface area contributed by atoms with E-state index in [2.05, 4.69) is 0 Å². The van der Waals surface area contributed by atoms with E-state index >= 15 is 0 Å². The van der Waals surface area contributed by atoms with Gasteiger partial charge in [0.1, 0.15) is 6.10 Å². The first kappa shape index (κ1) is 11.9. The number of carbonyl (C=O) groups excluding carboxylic acids is 1. The Labute approximate surface area is 89.4 Å². The van der Waals surface area contributed by atoms with Gasteiger partial charge in [-0.15, -0.1) is 0 Å². The van der Waals surface area contributed by atoms with E-state index in [1.54, 1.807) is 0 Å². The summed E-state index contributed by atoms with van der Waals surface area (Å²) in [5.74, 6) is -0.453. The summed E-state index contributed by atoms with van der Waals surface area (Å²) in [6.45, 7) is 1.37. The summed E-state index contributed by atoms with van der Waals surface area (Å²) in [6.07, 6.45) is -0.777. The van der Waals surface area contributed by atoms with Crippen molar-refractivity contribution in [1.82, 2.24) is 0 Å². The molecule has 0 aliphatic rings. The van der Waals surface area contributed by atoms with Crippen molar-refractivity contribution < 1.29 is 15.0 Å². The third kappa shape index (κ3) is 3.46. The highest BCUT2D eigenvalue weighted by atomic mass is 16.3. The molecule has 0 aromatic heterocycles. The van der Waals surface area contributed by atoms with Gasteiger partial charge in [-0.05, 0) is 12.5 Å². The average molecular weight is 208 g/mol. The minimum atomic E-state index is -0.956. The largest absolute Gasteiger partial charge is 0.396 e. The molecule has 0 radical (unpaired) electrons. The zero-order valence-corrected chi connectivity index (χ0v) is 8.76. The van der Waals surface area contributed by atoms with Crippen LogP contribution in [0.3, 0.4) is 0 Å². The first-order chi connectivity index (χ1) is 7.15. The van der Waals surface area contributed by atoms with Crippen molar-refractivity contribution >= 4 is 5.78 Å². The van der Waals surface area contributed by atoms with Crippen molar-refractivity contribution in [2.24, 2.45) is 0 Å². The topological polar surface area (TPSA) is 57.5 Å². The van der Waals surface area contributed by atoms with Crippen molar-refractivity contribution in [3.05, 3.63) is 35.9 Å². The maximum absolute atomic E-state index is 11.3. The molecule has 0 fully saturated rings. The Hall–Kier alpha value is -1.19. The van der Waals surface area contributed by atoms with E-state index in [1.807, 2.05) is 30.3 Å². The van der Waals surface area contributed by atoms with Crippen LogP contribution in [0.4, 0.5) is 0 Å². The van der Waals surface area contributed by atoms with E-state index in [9.17, 15) is 9.90 Å². The third-order valence-electron chi connectivity index (χ3n) is 2.40. The molecule has 3 nitrogen and oxygen atoms in total. The van der Waals surface area contributed by atoms with Crippen LogP contribution in [0.15, 0.2) is 30.3 Å². The van der Waals surface area contributed by atoms with Gasteiger partial charge in [0, 0.05) is 12.3 Å². The number of Topliss-reactive ketones (excluding diaryl/α,β-unsaturated/α-hetero) is 1. The fourth-order valence-corrected chi connectivity index (χ4v) is 1.43. The second-order valence-electron chi connectivity index (χ2n) is 3.64. The fourth-order valence-electron chi connectivity index (χ4n) is 1.43. The molecule has 0 bridgehead atoms. The fraction of sp³-hybridized carbons (Fsp3) is 0.417. The molecule has 3 heteroatoms. The lowest BCUT2D eigenvalue weighted by Gasteiger charge is -2.14. The minimum absolute atomic E-state index is 0.0809. The summed E-state index contributed by atoms with van der Waals surface area (Å²) < 4.78 is 0. The van der Waals surface area contributed by atoms with Crippen molar-refractivity contribution in [3.63, 3.8) is 0 Å². The molecule has 2 unspecified atom stereocenters. The summed E-state index contributed by atoms with van der Waals surface area (Å²) in [5.41, 5.74) is 0.925. The molecule has 0 heterocycles. The first-order valence-corrected chi connectivity index (χ1v) is 5.01. The Morgan fingerprint density at radius 2 is 1.93 bits per heavy atom. The van der Waals surface area contributed by atoms with Crippen LogP contribution in [0, 0.1) is 0 Å². The van der Waals surface area contributed by atoms with Gasteiger partial charge in [-0.1, -0.05) is 30.3 Å². The Kier molecular flexibility index (Phi) is 4.46. The molecular weight excluding hydrogens is 192 g/mol. The Morgan fingerprint density at radius 1 is 1.33 bits per heavy atom.